The lowest BCUT2D eigenvalue weighted by atomic mass is 10.0. The fraction of sp³-hybridized carbons (Fsp3) is 0.412. The lowest BCUT2D eigenvalue weighted by molar-refractivity contribution is 0.0262. The molecular weight excluding hydrogens is 320 g/mol. The standard InChI is InChI=1S/C17H22N6O2/c1-18-14-9-15(21-12-20-14)23-8-6-17(25,11-23)10-22(2)16(24)13-5-3-4-7-19-13/h3-5,7,9,12,25H,6,8,10-11H2,1-2H3,(H,18,20,21)/t17-/m1/s1. The van der Waals surface area contributed by atoms with Gasteiger partial charge in [0.1, 0.15) is 29.3 Å². The van der Waals surface area contributed by atoms with Gasteiger partial charge in [0.05, 0.1) is 6.54 Å². The summed E-state index contributed by atoms with van der Waals surface area (Å²) < 4.78 is 0. The van der Waals surface area contributed by atoms with E-state index in [4.69, 9.17) is 0 Å². The van der Waals surface area contributed by atoms with E-state index in [0.29, 0.717) is 25.2 Å². The quantitative estimate of drug-likeness (QED) is 0.823. The highest BCUT2D eigenvalue weighted by molar-refractivity contribution is 5.92. The Balaban J connectivity index is 1.66. The number of likely N-dealkylation sites (N-methyl/N-ethyl adjacent to an activating group) is 1. The number of hydrogen-bond donors (Lipinski definition) is 2. The summed E-state index contributed by atoms with van der Waals surface area (Å²) in [7, 11) is 3.48. The summed E-state index contributed by atoms with van der Waals surface area (Å²) in [6.45, 7) is 1.32. The summed E-state index contributed by atoms with van der Waals surface area (Å²) in [5, 5.41) is 13.9. The van der Waals surface area contributed by atoms with E-state index in [1.807, 2.05) is 11.0 Å². The van der Waals surface area contributed by atoms with Gasteiger partial charge in [-0.05, 0) is 18.6 Å². The van der Waals surface area contributed by atoms with Crippen molar-refractivity contribution in [3.63, 3.8) is 0 Å². The van der Waals surface area contributed by atoms with Crippen molar-refractivity contribution >= 4 is 17.5 Å². The number of β-amino-alcohol motifs (C(OH)–C–C–N with tert-alkyl or cyclic N) is 1. The first-order chi connectivity index (χ1) is 12.0. The van der Waals surface area contributed by atoms with Crippen LogP contribution < -0.4 is 10.2 Å². The molecule has 0 unspecified atom stereocenters. The van der Waals surface area contributed by atoms with Gasteiger partial charge >= 0.3 is 0 Å². The van der Waals surface area contributed by atoms with Crippen molar-refractivity contribution in [2.75, 3.05) is 43.9 Å². The van der Waals surface area contributed by atoms with E-state index in [0.717, 1.165) is 11.6 Å². The number of nitrogens with one attached hydrogen (secondary N) is 1. The predicted molar refractivity (Wildman–Crippen MR) is 94.6 cm³/mol. The summed E-state index contributed by atoms with van der Waals surface area (Å²) in [5.41, 5.74) is -0.609. The average Bonchev–Trinajstić information content (AvgIpc) is 3.03. The summed E-state index contributed by atoms with van der Waals surface area (Å²) in [4.78, 5) is 28.4. The number of carbonyl (C=O) groups is 1. The van der Waals surface area contributed by atoms with Crippen molar-refractivity contribution in [1.29, 1.82) is 0 Å². The molecule has 0 aromatic carbocycles. The van der Waals surface area contributed by atoms with Crippen LogP contribution in [-0.4, -0.2) is 70.2 Å². The van der Waals surface area contributed by atoms with Crippen molar-refractivity contribution in [2.24, 2.45) is 0 Å². The molecule has 0 aliphatic carbocycles. The monoisotopic (exact) mass is 342 g/mol. The zero-order valence-electron chi connectivity index (χ0n) is 14.4. The molecule has 1 aliphatic heterocycles. The van der Waals surface area contributed by atoms with Crippen LogP contribution in [0.5, 0.6) is 0 Å². The molecule has 0 radical (unpaired) electrons. The number of amides is 1. The van der Waals surface area contributed by atoms with Crippen LogP contribution in [0.3, 0.4) is 0 Å². The lowest BCUT2D eigenvalue weighted by Crippen LogP contribution is -2.46. The lowest BCUT2D eigenvalue weighted by Gasteiger charge is -2.29. The Bertz CT molecular complexity index is 741. The number of anilines is 2. The van der Waals surface area contributed by atoms with Crippen LogP contribution >= 0.6 is 0 Å². The molecule has 0 saturated carbocycles. The summed E-state index contributed by atoms with van der Waals surface area (Å²) in [6, 6.07) is 7.05. The number of aromatic nitrogens is 3. The van der Waals surface area contributed by atoms with Gasteiger partial charge in [-0.25, -0.2) is 9.97 Å². The molecule has 1 amide bonds. The number of rotatable bonds is 5. The number of aliphatic hydroxyl groups is 1. The van der Waals surface area contributed by atoms with Crippen molar-refractivity contribution in [3.8, 4) is 0 Å². The average molecular weight is 342 g/mol. The number of hydrogen-bond acceptors (Lipinski definition) is 7. The van der Waals surface area contributed by atoms with Crippen LogP contribution in [0.15, 0.2) is 36.8 Å². The van der Waals surface area contributed by atoms with Crippen LogP contribution in [-0.2, 0) is 0 Å². The predicted octanol–water partition coefficient (Wildman–Crippen LogP) is 0.627. The molecule has 0 spiro atoms. The molecule has 0 bridgehead atoms. The Morgan fingerprint density at radius 2 is 2.24 bits per heavy atom. The summed E-state index contributed by atoms with van der Waals surface area (Å²) >= 11 is 0. The van der Waals surface area contributed by atoms with E-state index in [1.165, 1.54) is 11.2 Å². The third-order valence-corrected chi connectivity index (χ3v) is 4.33. The zero-order chi connectivity index (χ0) is 17.9. The number of pyridine rings is 1. The molecule has 8 nitrogen and oxygen atoms in total. The van der Waals surface area contributed by atoms with E-state index in [-0.39, 0.29) is 12.5 Å². The largest absolute Gasteiger partial charge is 0.386 e. The van der Waals surface area contributed by atoms with Gasteiger partial charge in [0.15, 0.2) is 0 Å². The highest BCUT2D eigenvalue weighted by Gasteiger charge is 2.38. The van der Waals surface area contributed by atoms with Gasteiger partial charge in [0.2, 0.25) is 0 Å². The van der Waals surface area contributed by atoms with Crippen LogP contribution in [0.25, 0.3) is 0 Å². The molecule has 1 fully saturated rings. The zero-order valence-corrected chi connectivity index (χ0v) is 14.4. The number of nitrogens with zero attached hydrogens (tertiary/aromatic N) is 5. The highest BCUT2D eigenvalue weighted by Crippen LogP contribution is 2.27. The maximum Gasteiger partial charge on any atom is 0.272 e. The van der Waals surface area contributed by atoms with Crippen LogP contribution in [0.2, 0.25) is 0 Å². The highest BCUT2D eigenvalue weighted by atomic mass is 16.3. The minimum atomic E-state index is -0.982. The molecule has 8 heteroatoms. The van der Waals surface area contributed by atoms with Gasteiger partial charge in [-0.1, -0.05) is 6.07 Å². The third kappa shape index (κ3) is 3.85. The first kappa shape index (κ1) is 17.1. The second kappa shape index (κ2) is 7.02. The normalized spacial score (nSPS) is 19.7. The van der Waals surface area contributed by atoms with Crippen molar-refractivity contribution in [2.45, 2.75) is 12.0 Å². The minimum absolute atomic E-state index is 0.202. The van der Waals surface area contributed by atoms with Gasteiger partial charge in [0.25, 0.3) is 5.91 Å². The van der Waals surface area contributed by atoms with Crippen molar-refractivity contribution < 1.29 is 9.90 Å². The van der Waals surface area contributed by atoms with Crippen LogP contribution in [0.4, 0.5) is 11.6 Å². The number of carbonyl (C=O) groups excluding carboxylic acids is 1. The maximum absolute atomic E-state index is 12.4. The first-order valence-electron chi connectivity index (χ1n) is 8.14. The Morgan fingerprint density at radius 3 is 2.96 bits per heavy atom. The second-order valence-electron chi connectivity index (χ2n) is 6.28. The topological polar surface area (TPSA) is 94.5 Å². The van der Waals surface area contributed by atoms with Crippen LogP contribution in [0.1, 0.15) is 16.9 Å². The second-order valence-corrected chi connectivity index (χ2v) is 6.28. The Hall–Kier alpha value is -2.74. The Kier molecular flexibility index (Phi) is 4.80. The minimum Gasteiger partial charge on any atom is -0.386 e. The molecule has 1 aliphatic rings. The van der Waals surface area contributed by atoms with Crippen molar-refractivity contribution in [3.05, 3.63) is 42.5 Å². The Labute approximate surface area is 146 Å². The van der Waals surface area contributed by atoms with Gasteiger partial charge < -0.3 is 20.2 Å². The fourth-order valence-electron chi connectivity index (χ4n) is 3.04. The molecule has 2 aromatic heterocycles. The van der Waals surface area contributed by atoms with Gasteiger partial charge in [-0.15, -0.1) is 0 Å². The SMILES string of the molecule is CNc1cc(N2CC[C@@](O)(CN(C)C(=O)c3ccccn3)C2)ncn1. The summed E-state index contributed by atoms with van der Waals surface area (Å²) in [6.07, 6.45) is 3.64. The molecule has 2 N–H and O–H groups in total. The first-order valence-corrected chi connectivity index (χ1v) is 8.14. The third-order valence-electron chi connectivity index (χ3n) is 4.33. The van der Waals surface area contributed by atoms with E-state index >= 15 is 0 Å². The fourth-order valence-corrected chi connectivity index (χ4v) is 3.04. The molecular formula is C17H22N6O2. The molecule has 3 heterocycles. The van der Waals surface area contributed by atoms with E-state index in [9.17, 15) is 9.90 Å². The van der Waals surface area contributed by atoms with Crippen LogP contribution in [0, 0.1) is 0 Å². The van der Waals surface area contributed by atoms with Gasteiger partial charge in [-0.2, -0.15) is 0 Å². The molecule has 132 valence electrons. The smallest absolute Gasteiger partial charge is 0.272 e. The van der Waals surface area contributed by atoms with E-state index < -0.39 is 5.60 Å². The van der Waals surface area contributed by atoms with Gasteiger partial charge in [0, 0.05) is 39.4 Å². The summed E-state index contributed by atoms with van der Waals surface area (Å²) in [5.74, 6) is 1.28. The molecule has 1 saturated heterocycles. The molecule has 3 rings (SSSR count). The Morgan fingerprint density at radius 1 is 1.40 bits per heavy atom. The van der Waals surface area contributed by atoms with E-state index in [1.54, 1.807) is 38.5 Å². The molecule has 25 heavy (non-hydrogen) atoms. The molecule has 2 aromatic rings. The maximum atomic E-state index is 12.4. The molecule has 1 atom stereocenters. The van der Waals surface area contributed by atoms with Gasteiger partial charge in [-0.3, -0.25) is 9.78 Å². The van der Waals surface area contributed by atoms with E-state index in [2.05, 4.69) is 20.3 Å². The van der Waals surface area contributed by atoms with Crippen molar-refractivity contribution in [1.82, 2.24) is 19.9 Å².